The van der Waals surface area contributed by atoms with Crippen LogP contribution in [0.2, 0.25) is 0 Å². The van der Waals surface area contributed by atoms with Crippen molar-refractivity contribution < 1.29 is 0 Å². The Hall–Kier alpha value is -1.64. The van der Waals surface area contributed by atoms with Gasteiger partial charge >= 0.3 is 0 Å². The van der Waals surface area contributed by atoms with Crippen molar-refractivity contribution in [2.24, 2.45) is 11.5 Å². The molecule has 183 valence electrons. The van der Waals surface area contributed by atoms with Crippen LogP contribution >= 0.6 is 0 Å². The summed E-state index contributed by atoms with van der Waals surface area (Å²) in [5.41, 5.74) is 23.1. The molecule has 1 radical (unpaired) electrons. The second-order valence-corrected chi connectivity index (χ2v) is 13.7. The molecule has 2 heteroatoms. The van der Waals surface area contributed by atoms with E-state index in [1.165, 1.54) is 44.5 Å². The molecule has 2 aromatic carbocycles. The average molecular weight is 450 g/mol. The fourth-order valence-electron chi connectivity index (χ4n) is 4.36. The molecule has 0 bridgehead atoms. The Bertz CT molecular complexity index is 903. The van der Waals surface area contributed by atoms with Gasteiger partial charge in [-0.25, -0.2) is 0 Å². The summed E-state index contributed by atoms with van der Waals surface area (Å²) in [7, 11) is 0. The monoisotopic (exact) mass is 449 g/mol. The van der Waals surface area contributed by atoms with Gasteiger partial charge in [-0.2, -0.15) is 0 Å². The van der Waals surface area contributed by atoms with Crippen molar-refractivity contribution in [2.45, 2.75) is 118 Å². The maximum absolute atomic E-state index is 6.36. The van der Waals surface area contributed by atoms with Gasteiger partial charge in [-0.05, 0) is 66.2 Å². The molecule has 0 aliphatic rings. The topological polar surface area (TPSA) is 52.0 Å². The number of nitrogens with two attached hydrogens (primary N) is 2. The quantitative estimate of drug-likeness (QED) is 0.511. The lowest BCUT2D eigenvalue weighted by molar-refractivity contribution is 0.561. The highest BCUT2D eigenvalue weighted by atomic mass is 14.5. The van der Waals surface area contributed by atoms with Crippen LogP contribution in [0.3, 0.4) is 0 Å². The van der Waals surface area contributed by atoms with Crippen molar-refractivity contribution in [1.82, 2.24) is 0 Å². The second-order valence-electron chi connectivity index (χ2n) is 13.7. The lowest BCUT2D eigenvalue weighted by Crippen LogP contribution is -2.23. The Morgan fingerprint density at radius 1 is 0.515 bits per heavy atom. The van der Waals surface area contributed by atoms with Gasteiger partial charge in [0.2, 0.25) is 0 Å². The van der Waals surface area contributed by atoms with Crippen molar-refractivity contribution in [1.29, 1.82) is 0 Å². The summed E-state index contributed by atoms with van der Waals surface area (Å²) in [4.78, 5) is 0. The van der Waals surface area contributed by atoms with Crippen LogP contribution in [0.4, 0.5) is 0 Å². The van der Waals surface area contributed by atoms with Gasteiger partial charge < -0.3 is 11.5 Å². The lowest BCUT2D eigenvalue weighted by atomic mass is 9.72. The summed E-state index contributed by atoms with van der Waals surface area (Å²) in [6.45, 7) is 28.4. The third-order valence-electron chi connectivity index (χ3n) is 6.61. The summed E-state index contributed by atoms with van der Waals surface area (Å²) < 4.78 is 0. The Kier molecular flexibility index (Phi) is 7.69. The average Bonchev–Trinajstić information content (AvgIpc) is 2.64. The van der Waals surface area contributed by atoms with Crippen LogP contribution in [0.1, 0.15) is 128 Å². The molecule has 2 aromatic rings. The highest BCUT2D eigenvalue weighted by Crippen LogP contribution is 2.40. The normalized spacial score (nSPS) is 13.5. The molecule has 0 aromatic heterocycles. The largest absolute Gasteiger partial charge is 0.326 e. The number of benzene rings is 2. The van der Waals surface area contributed by atoms with Gasteiger partial charge in [0.15, 0.2) is 0 Å². The summed E-state index contributed by atoms with van der Waals surface area (Å²) in [5.74, 6) is 0. The SMILES string of the molecule is CC(C)(C)c1cc(CN)c([CH]c2c(CN)cc(C(C)(C)C)cc2C(C)(C)C)c(C(C)(C)C)c1. The van der Waals surface area contributed by atoms with Crippen LogP contribution in [-0.4, -0.2) is 0 Å². The maximum Gasteiger partial charge on any atom is 0.0211 e. The second kappa shape index (κ2) is 9.19. The van der Waals surface area contributed by atoms with E-state index in [9.17, 15) is 0 Å². The molecule has 0 aliphatic heterocycles. The predicted octanol–water partition coefficient (Wildman–Crippen LogP) is 7.39. The van der Waals surface area contributed by atoms with Crippen LogP contribution < -0.4 is 11.5 Å². The van der Waals surface area contributed by atoms with E-state index in [1.807, 2.05) is 0 Å². The minimum Gasteiger partial charge on any atom is -0.326 e. The van der Waals surface area contributed by atoms with Gasteiger partial charge in [0.25, 0.3) is 0 Å². The zero-order valence-electron chi connectivity index (χ0n) is 23.5. The fraction of sp³-hybridized carbons (Fsp3) is 0.581. The van der Waals surface area contributed by atoms with Gasteiger partial charge in [0, 0.05) is 19.5 Å². The minimum absolute atomic E-state index is 0.00681. The van der Waals surface area contributed by atoms with Crippen LogP contribution in [0.25, 0.3) is 0 Å². The van der Waals surface area contributed by atoms with Gasteiger partial charge in [-0.15, -0.1) is 0 Å². The van der Waals surface area contributed by atoms with Crippen LogP contribution in [0.5, 0.6) is 0 Å². The van der Waals surface area contributed by atoms with E-state index in [0.29, 0.717) is 13.1 Å². The molecule has 0 atom stereocenters. The third-order valence-corrected chi connectivity index (χ3v) is 6.61. The summed E-state index contributed by atoms with van der Waals surface area (Å²) >= 11 is 0. The lowest BCUT2D eigenvalue weighted by Gasteiger charge is -2.32. The highest BCUT2D eigenvalue weighted by molar-refractivity contribution is 5.58. The molecule has 0 saturated carbocycles. The molecule has 0 saturated heterocycles. The molecule has 0 aliphatic carbocycles. The molecule has 0 amide bonds. The molecule has 2 nitrogen and oxygen atoms in total. The third kappa shape index (κ3) is 6.28. The molecule has 4 N–H and O–H groups in total. The first-order chi connectivity index (χ1) is 14.8. The minimum atomic E-state index is -0.00681. The van der Waals surface area contributed by atoms with E-state index in [2.05, 4.69) is 114 Å². The zero-order valence-corrected chi connectivity index (χ0v) is 23.5. The van der Waals surface area contributed by atoms with Crippen molar-refractivity contribution in [3.05, 3.63) is 75.2 Å². The molecule has 0 heterocycles. The number of rotatable bonds is 4. The van der Waals surface area contributed by atoms with Crippen LogP contribution in [0, 0.1) is 6.42 Å². The van der Waals surface area contributed by atoms with Crippen LogP contribution in [-0.2, 0) is 34.7 Å². The summed E-state index contributed by atoms with van der Waals surface area (Å²) in [5, 5.41) is 0. The first-order valence-electron chi connectivity index (χ1n) is 12.4. The Morgan fingerprint density at radius 2 is 0.818 bits per heavy atom. The van der Waals surface area contributed by atoms with E-state index in [1.54, 1.807) is 0 Å². The van der Waals surface area contributed by atoms with E-state index in [0.717, 1.165) is 0 Å². The number of hydrogen-bond acceptors (Lipinski definition) is 2. The van der Waals surface area contributed by atoms with Crippen molar-refractivity contribution in [2.75, 3.05) is 0 Å². The van der Waals surface area contributed by atoms with Gasteiger partial charge in [0.05, 0.1) is 0 Å². The predicted molar refractivity (Wildman–Crippen MR) is 146 cm³/mol. The van der Waals surface area contributed by atoms with Gasteiger partial charge in [0.1, 0.15) is 0 Å². The summed E-state index contributed by atoms with van der Waals surface area (Å²) in [6, 6.07) is 9.41. The van der Waals surface area contributed by atoms with Gasteiger partial charge in [-0.1, -0.05) is 107 Å². The molecule has 33 heavy (non-hydrogen) atoms. The van der Waals surface area contributed by atoms with Crippen LogP contribution in [0.15, 0.2) is 24.3 Å². The molecule has 0 spiro atoms. The van der Waals surface area contributed by atoms with E-state index >= 15 is 0 Å². The van der Waals surface area contributed by atoms with Crippen molar-refractivity contribution in [3.63, 3.8) is 0 Å². The molecule has 0 unspecified atom stereocenters. The Balaban J connectivity index is 2.89. The van der Waals surface area contributed by atoms with Crippen molar-refractivity contribution in [3.8, 4) is 0 Å². The summed E-state index contributed by atoms with van der Waals surface area (Å²) in [6.07, 6.45) is 2.38. The maximum atomic E-state index is 6.36. The Morgan fingerprint density at radius 3 is 1.03 bits per heavy atom. The highest BCUT2D eigenvalue weighted by Gasteiger charge is 2.29. The molecule has 0 fully saturated rings. The zero-order chi connectivity index (χ0) is 25.6. The fourth-order valence-corrected chi connectivity index (χ4v) is 4.36. The van der Waals surface area contributed by atoms with E-state index in [-0.39, 0.29) is 21.7 Å². The number of hydrogen-bond donors (Lipinski definition) is 2. The smallest absolute Gasteiger partial charge is 0.0211 e. The van der Waals surface area contributed by atoms with Crippen molar-refractivity contribution >= 4 is 0 Å². The first-order valence-corrected chi connectivity index (χ1v) is 12.4. The van der Waals surface area contributed by atoms with E-state index < -0.39 is 0 Å². The molecule has 2 rings (SSSR count). The van der Waals surface area contributed by atoms with E-state index in [4.69, 9.17) is 11.5 Å². The Labute approximate surface area is 204 Å². The standard InChI is InChI=1S/C31H49N2/c1-28(2,3)22-13-20(18-32)24(26(15-22)30(7,8)9)17-25-21(19-33)14-23(29(4,5)6)16-27(25)31(10,11)12/h13-17H,18-19,32-33H2,1-12H3. The first kappa shape index (κ1) is 27.6. The molecular formula is C31H49N2. The molecular weight excluding hydrogens is 400 g/mol. The van der Waals surface area contributed by atoms with Gasteiger partial charge in [-0.3, -0.25) is 0 Å².